The van der Waals surface area contributed by atoms with Crippen molar-refractivity contribution in [3.8, 4) is 21.4 Å². The topological polar surface area (TPSA) is 31.4 Å². The van der Waals surface area contributed by atoms with Gasteiger partial charge in [-0.05, 0) is 44.0 Å². The molecule has 96 valence electrons. The maximum Gasteiger partial charge on any atom is 0.197 e. The largest absolute Gasteiger partial charge is 0.496 e. The van der Waals surface area contributed by atoms with Gasteiger partial charge in [-0.15, -0.1) is 0 Å². The summed E-state index contributed by atoms with van der Waals surface area (Å²) in [6.07, 6.45) is 0. The predicted octanol–water partition coefficient (Wildman–Crippen LogP) is 3.75. The van der Waals surface area contributed by atoms with Crippen molar-refractivity contribution in [1.82, 2.24) is 4.98 Å². The molecule has 4 heteroatoms. The fourth-order valence-electron chi connectivity index (χ4n) is 1.93. The maximum absolute atomic E-state index is 5.33. The van der Waals surface area contributed by atoms with Gasteiger partial charge in [0.15, 0.2) is 5.06 Å². The summed E-state index contributed by atoms with van der Waals surface area (Å²) < 4.78 is 10.6. The van der Waals surface area contributed by atoms with Crippen LogP contribution in [0.3, 0.4) is 0 Å². The second-order valence-electron chi connectivity index (χ2n) is 4.23. The molecule has 0 atom stereocenters. The molecule has 1 aromatic carbocycles. The highest BCUT2D eigenvalue weighted by atomic mass is 32.1. The molecular weight excluding hydrogens is 246 g/mol. The van der Waals surface area contributed by atoms with E-state index in [9.17, 15) is 0 Å². The van der Waals surface area contributed by atoms with Crippen LogP contribution < -0.4 is 9.47 Å². The van der Waals surface area contributed by atoms with Crippen LogP contribution in [-0.4, -0.2) is 19.2 Å². The van der Waals surface area contributed by atoms with Gasteiger partial charge in [-0.25, -0.2) is 4.98 Å². The number of benzene rings is 1. The lowest BCUT2D eigenvalue weighted by atomic mass is 10.1. The molecule has 0 spiro atoms. The van der Waals surface area contributed by atoms with Crippen LogP contribution in [0.1, 0.15) is 16.8 Å². The first-order chi connectivity index (χ1) is 8.56. The molecule has 1 aromatic heterocycles. The van der Waals surface area contributed by atoms with Crippen molar-refractivity contribution in [3.05, 3.63) is 29.0 Å². The van der Waals surface area contributed by atoms with E-state index in [0.717, 1.165) is 38.2 Å². The normalized spacial score (nSPS) is 10.5. The van der Waals surface area contributed by atoms with E-state index in [1.807, 2.05) is 19.9 Å². The quantitative estimate of drug-likeness (QED) is 0.845. The van der Waals surface area contributed by atoms with Gasteiger partial charge in [0.1, 0.15) is 10.8 Å². The van der Waals surface area contributed by atoms with Crippen molar-refractivity contribution in [3.63, 3.8) is 0 Å². The fourth-order valence-corrected chi connectivity index (χ4v) is 2.89. The van der Waals surface area contributed by atoms with Crippen molar-refractivity contribution in [2.75, 3.05) is 14.2 Å². The Morgan fingerprint density at radius 3 is 2.28 bits per heavy atom. The first-order valence-electron chi connectivity index (χ1n) is 5.73. The highest BCUT2D eigenvalue weighted by molar-refractivity contribution is 7.17. The third-order valence-corrected chi connectivity index (χ3v) is 4.06. The van der Waals surface area contributed by atoms with Crippen molar-refractivity contribution in [2.24, 2.45) is 0 Å². The Bertz CT molecular complexity index is 575. The monoisotopic (exact) mass is 263 g/mol. The van der Waals surface area contributed by atoms with Gasteiger partial charge in [0.05, 0.1) is 19.9 Å². The van der Waals surface area contributed by atoms with Crippen LogP contribution >= 0.6 is 11.3 Å². The van der Waals surface area contributed by atoms with Gasteiger partial charge in [0.2, 0.25) is 0 Å². The summed E-state index contributed by atoms with van der Waals surface area (Å²) in [6, 6.07) is 4.17. The molecule has 3 nitrogen and oxygen atoms in total. The predicted molar refractivity (Wildman–Crippen MR) is 74.9 cm³/mol. The summed E-state index contributed by atoms with van der Waals surface area (Å²) in [5, 5.41) is 1.87. The molecular formula is C14H17NO2S. The SMILES string of the molecule is COc1cc(C)c(-c2nc(C)c(OC)s2)cc1C. The van der Waals surface area contributed by atoms with Crippen LogP contribution in [0, 0.1) is 20.8 Å². The molecule has 0 radical (unpaired) electrons. The smallest absolute Gasteiger partial charge is 0.197 e. The minimum atomic E-state index is 0.873. The van der Waals surface area contributed by atoms with Gasteiger partial charge < -0.3 is 9.47 Å². The van der Waals surface area contributed by atoms with E-state index in [-0.39, 0.29) is 0 Å². The number of ether oxygens (including phenoxy) is 2. The summed E-state index contributed by atoms with van der Waals surface area (Å²) in [4.78, 5) is 4.56. The van der Waals surface area contributed by atoms with Crippen LogP contribution in [0.2, 0.25) is 0 Å². The maximum atomic E-state index is 5.33. The summed E-state index contributed by atoms with van der Waals surface area (Å²) in [6.45, 7) is 6.07. The van der Waals surface area contributed by atoms with Crippen molar-refractivity contribution in [1.29, 1.82) is 0 Å². The van der Waals surface area contributed by atoms with Gasteiger partial charge in [-0.1, -0.05) is 11.3 Å². The Morgan fingerprint density at radius 1 is 1.00 bits per heavy atom. The van der Waals surface area contributed by atoms with Gasteiger partial charge in [-0.3, -0.25) is 0 Å². The lowest BCUT2D eigenvalue weighted by Gasteiger charge is -2.09. The highest BCUT2D eigenvalue weighted by Gasteiger charge is 2.13. The van der Waals surface area contributed by atoms with Crippen molar-refractivity contribution in [2.45, 2.75) is 20.8 Å². The van der Waals surface area contributed by atoms with Crippen LogP contribution in [0.4, 0.5) is 0 Å². The fraction of sp³-hybridized carbons (Fsp3) is 0.357. The van der Waals surface area contributed by atoms with E-state index in [1.54, 1.807) is 25.6 Å². The number of thiazole rings is 1. The molecule has 0 saturated heterocycles. The molecule has 0 N–H and O–H groups in total. The Labute approximate surface area is 111 Å². The molecule has 0 unspecified atom stereocenters. The van der Waals surface area contributed by atoms with Crippen LogP contribution in [0.25, 0.3) is 10.6 Å². The molecule has 0 saturated carbocycles. The molecule has 2 rings (SSSR count). The van der Waals surface area contributed by atoms with Gasteiger partial charge >= 0.3 is 0 Å². The van der Waals surface area contributed by atoms with E-state index >= 15 is 0 Å². The Kier molecular flexibility index (Phi) is 3.57. The number of methoxy groups -OCH3 is 2. The third-order valence-electron chi connectivity index (χ3n) is 2.91. The first-order valence-corrected chi connectivity index (χ1v) is 6.55. The highest BCUT2D eigenvalue weighted by Crippen LogP contribution is 2.36. The summed E-state index contributed by atoms with van der Waals surface area (Å²) in [5.74, 6) is 0.913. The van der Waals surface area contributed by atoms with Crippen LogP contribution in [0.15, 0.2) is 12.1 Å². The number of nitrogens with zero attached hydrogens (tertiary/aromatic N) is 1. The average molecular weight is 263 g/mol. The minimum Gasteiger partial charge on any atom is -0.496 e. The Balaban J connectivity index is 2.53. The lowest BCUT2D eigenvalue weighted by Crippen LogP contribution is -1.91. The molecule has 0 bridgehead atoms. The average Bonchev–Trinajstić information content (AvgIpc) is 2.72. The lowest BCUT2D eigenvalue weighted by molar-refractivity contribution is 0.411. The number of hydrogen-bond acceptors (Lipinski definition) is 4. The molecule has 0 fully saturated rings. The summed E-state index contributed by atoms with van der Waals surface area (Å²) >= 11 is 1.57. The third kappa shape index (κ3) is 2.20. The number of hydrogen-bond donors (Lipinski definition) is 0. The van der Waals surface area contributed by atoms with E-state index < -0.39 is 0 Å². The Hall–Kier alpha value is -1.55. The second kappa shape index (κ2) is 4.98. The number of aromatic nitrogens is 1. The zero-order chi connectivity index (χ0) is 13.3. The number of aryl methyl sites for hydroxylation is 3. The minimum absolute atomic E-state index is 0.873. The summed E-state index contributed by atoms with van der Waals surface area (Å²) in [7, 11) is 3.37. The van der Waals surface area contributed by atoms with E-state index in [2.05, 4.69) is 18.0 Å². The van der Waals surface area contributed by atoms with Crippen LogP contribution in [-0.2, 0) is 0 Å². The molecule has 2 aromatic rings. The molecule has 0 aliphatic rings. The molecule has 1 heterocycles. The van der Waals surface area contributed by atoms with Crippen LogP contribution in [0.5, 0.6) is 10.8 Å². The van der Waals surface area contributed by atoms with E-state index in [0.29, 0.717) is 0 Å². The van der Waals surface area contributed by atoms with E-state index in [1.165, 1.54) is 0 Å². The molecule has 0 aliphatic heterocycles. The zero-order valence-corrected chi connectivity index (χ0v) is 12.1. The Morgan fingerprint density at radius 2 is 1.72 bits per heavy atom. The molecule has 0 amide bonds. The van der Waals surface area contributed by atoms with Gasteiger partial charge in [0, 0.05) is 5.56 Å². The van der Waals surface area contributed by atoms with Gasteiger partial charge in [-0.2, -0.15) is 0 Å². The molecule has 0 aliphatic carbocycles. The van der Waals surface area contributed by atoms with Crippen molar-refractivity contribution < 1.29 is 9.47 Å². The van der Waals surface area contributed by atoms with Gasteiger partial charge in [0.25, 0.3) is 0 Å². The second-order valence-corrected chi connectivity index (χ2v) is 5.19. The standard InChI is InChI=1S/C14H17NO2S/c1-8-7-12(16-4)9(2)6-11(8)13-15-10(3)14(17-5)18-13/h6-7H,1-5H3. The summed E-state index contributed by atoms with van der Waals surface area (Å²) in [5.41, 5.74) is 4.36. The zero-order valence-electron chi connectivity index (χ0n) is 11.3. The molecule has 18 heavy (non-hydrogen) atoms. The number of rotatable bonds is 3. The van der Waals surface area contributed by atoms with Crippen molar-refractivity contribution >= 4 is 11.3 Å². The first kappa shape index (κ1) is 12.9. The van der Waals surface area contributed by atoms with E-state index in [4.69, 9.17) is 9.47 Å².